The predicted octanol–water partition coefficient (Wildman–Crippen LogP) is 7.33. The first kappa shape index (κ1) is 33.6. The zero-order valence-corrected chi connectivity index (χ0v) is 25.2. The number of fused-ring (bicyclic) bond motifs is 2. The highest BCUT2D eigenvalue weighted by atomic mass is 35.5. The Balaban J connectivity index is 0.000000325. The highest BCUT2D eigenvalue weighted by Gasteiger charge is 2.34. The van der Waals surface area contributed by atoms with Gasteiger partial charge in [0.25, 0.3) is 17.7 Å². The molecule has 0 aliphatic carbocycles. The third-order valence-corrected chi connectivity index (χ3v) is 6.83. The van der Waals surface area contributed by atoms with Crippen molar-refractivity contribution in [3.8, 4) is 0 Å². The number of carbonyl (C=O) groups is 3. The normalized spacial score (nSPS) is 14.5. The van der Waals surface area contributed by atoms with E-state index in [1.807, 2.05) is 40.8 Å². The Bertz CT molecular complexity index is 1330. The van der Waals surface area contributed by atoms with E-state index in [2.05, 4.69) is 17.1 Å². The van der Waals surface area contributed by atoms with Gasteiger partial charge in [-0.25, -0.2) is 8.78 Å². The van der Waals surface area contributed by atoms with Crippen LogP contribution < -0.4 is 10.2 Å². The molecule has 1 N–H and O–H groups in total. The second kappa shape index (κ2) is 16.0. The molecule has 3 aromatic rings. The lowest BCUT2D eigenvalue weighted by atomic mass is 9.98. The highest BCUT2D eigenvalue weighted by Crippen LogP contribution is 2.40. The molecule has 6 nitrogen and oxygen atoms in total. The molecule has 0 saturated heterocycles. The smallest absolute Gasteiger partial charge is 0.261 e. The van der Waals surface area contributed by atoms with E-state index >= 15 is 0 Å². The molecule has 2 heterocycles. The van der Waals surface area contributed by atoms with Crippen molar-refractivity contribution in [3.63, 3.8) is 0 Å². The average Bonchev–Trinajstić information content (AvgIpc) is 3.51. The number of hydrogen-bond donors (Lipinski definition) is 1. The van der Waals surface area contributed by atoms with Crippen LogP contribution in [0.1, 0.15) is 83.6 Å². The molecule has 2 aliphatic rings. The Hall–Kier alpha value is -3.62. The quantitative estimate of drug-likeness (QED) is 0.318. The lowest BCUT2D eigenvalue weighted by Crippen LogP contribution is -2.31. The highest BCUT2D eigenvalue weighted by molar-refractivity contribution is 6.30. The zero-order chi connectivity index (χ0) is 30.7. The summed E-state index contributed by atoms with van der Waals surface area (Å²) in [5, 5.41) is 2.81. The van der Waals surface area contributed by atoms with E-state index in [0.29, 0.717) is 28.4 Å². The summed E-state index contributed by atoms with van der Waals surface area (Å²) in [6.07, 6.45) is 0.854. The Labute approximate surface area is 246 Å². The standard InChI is InChI=1S/C20H21ClF2N2O.C8H5NO2.2C2H6/c1-3-24(2)10-9-13-12-25(18-8-7-14(21)11-16(13)18)20(26)15-5-4-6-17(22)19(15)23;10-7-5-3-1-2-4-6(5)8(11)9-7;2*1-2/h4-8,11,13H,3,9-10,12H2,1-2H3;1-4H,(H,9,10,11);2*1-2H3. The van der Waals surface area contributed by atoms with Crippen molar-refractivity contribution in [2.24, 2.45) is 0 Å². The van der Waals surface area contributed by atoms with Crippen LogP contribution in [0.5, 0.6) is 0 Å². The van der Waals surface area contributed by atoms with Crippen molar-refractivity contribution >= 4 is 35.0 Å². The number of halogens is 3. The van der Waals surface area contributed by atoms with Crippen LogP contribution in [0.4, 0.5) is 14.5 Å². The minimum Gasteiger partial charge on any atom is -0.307 e. The van der Waals surface area contributed by atoms with E-state index in [1.165, 1.54) is 17.0 Å². The summed E-state index contributed by atoms with van der Waals surface area (Å²) in [4.78, 5) is 38.5. The Morgan fingerprint density at radius 1 is 0.976 bits per heavy atom. The number of imide groups is 1. The van der Waals surface area contributed by atoms with Gasteiger partial charge in [0.05, 0.1) is 16.7 Å². The molecule has 41 heavy (non-hydrogen) atoms. The van der Waals surface area contributed by atoms with E-state index in [9.17, 15) is 23.2 Å². The fourth-order valence-electron chi connectivity index (χ4n) is 4.42. The number of hydrogen-bond acceptors (Lipinski definition) is 4. The van der Waals surface area contributed by atoms with Crippen LogP contribution in [0.3, 0.4) is 0 Å². The molecule has 1 unspecified atom stereocenters. The summed E-state index contributed by atoms with van der Waals surface area (Å²) in [6, 6.07) is 15.8. The van der Waals surface area contributed by atoms with Gasteiger partial charge in [-0.1, -0.05) is 64.4 Å². The fraction of sp³-hybridized carbons (Fsp3) is 0.344. The number of nitrogens with one attached hydrogen (secondary N) is 1. The van der Waals surface area contributed by atoms with Crippen LogP contribution in [0.25, 0.3) is 0 Å². The van der Waals surface area contributed by atoms with Gasteiger partial charge in [0, 0.05) is 23.2 Å². The van der Waals surface area contributed by atoms with Gasteiger partial charge in [0.1, 0.15) is 0 Å². The van der Waals surface area contributed by atoms with Crippen LogP contribution in [0.2, 0.25) is 5.02 Å². The maximum absolute atomic E-state index is 14.1. The first-order valence-corrected chi connectivity index (χ1v) is 14.3. The lowest BCUT2D eigenvalue weighted by molar-refractivity contribution is 0.0878. The topological polar surface area (TPSA) is 69.7 Å². The van der Waals surface area contributed by atoms with Gasteiger partial charge in [-0.2, -0.15) is 0 Å². The van der Waals surface area contributed by atoms with Crippen molar-refractivity contribution in [3.05, 3.63) is 99.6 Å². The molecule has 0 aromatic heterocycles. The molecule has 5 rings (SSSR count). The summed E-state index contributed by atoms with van der Waals surface area (Å²) in [5.41, 5.74) is 2.38. The third kappa shape index (κ3) is 7.99. The molecule has 0 saturated carbocycles. The molecular weight excluding hydrogens is 548 g/mol. The van der Waals surface area contributed by atoms with E-state index in [1.54, 1.807) is 36.4 Å². The summed E-state index contributed by atoms with van der Waals surface area (Å²) in [7, 11) is 2.04. The number of amides is 3. The number of nitrogens with zero attached hydrogens (tertiary/aromatic N) is 2. The van der Waals surface area contributed by atoms with Crippen LogP contribution in [-0.4, -0.2) is 49.3 Å². The van der Waals surface area contributed by atoms with Gasteiger partial charge in [0.15, 0.2) is 11.6 Å². The van der Waals surface area contributed by atoms with E-state index in [4.69, 9.17) is 11.6 Å². The molecular formula is C32H38ClF2N3O3. The number of rotatable bonds is 5. The molecule has 0 spiro atoms. The van der Waals surface area contributed by atoms with Crippen LogP contribution in [0, 0.1) is 11.6 Å². The molecule has 3 amide bonds. The largest absolute Gasteiger partial charge is 0.307 e. The molecule has 1 atom stereocenters. The molecule has 3 aromatic carbocycles. The van der Waals surface area contributed by atoms with Crippen LogP contribution in [-0.2, 0) is 0 Å². The fourth-order valence-corrected chi connectivity index (χ4v) is 4.60. The Morgan fingerprint density at radius 3 is 2.17 bits per heavy atom. The summed E-state index contributed by atoms with van der Waals surface area (Å²) in [5.74, 6) is -3.15. The number of anilines is 1. The molecule has 0 fully saturated rings. The first-order valence-electron chi connectivity index (χ1n) is 13.9. The predicted molar refractivity (Wildman–Crippen MR) is 161 cm³/mol. The van der Waals surface area contributed by atoms with Crippen LogP contribution in [0.15, 0.2) is 60.7 Å². The van der Waals surface area contributed by atoms with Crippen molar-refractivity contribution in [1.82, 2.24) is 10.2 Å². The molecule has 0 radical (unpaired) electrons. The van der Waals surface area contributed by atoms with Gasteiger partial charge in [-0.3, -0.25) is 19.7 Å². The van der Waals surface area contributed by atoms with Crippen molar-refractivity contribution < 1.29 is 23.2 Å². The second-order valence-corrected chi connectivity index (χ2v) is 9.37. The zero-order valence-electron chi connectivity index (χ0n) is 24.4. The molecule has 0 bridgehead atoms. The van der Waals surface area contributed by atoms with Gasteiger partial charge in [-0.15, -0.1) is 0 Å². The minimum absolute atomic E-state index is 0.110. The molecule has 220 valence electrons. The summed E-state index contributed by atoms with van der Waals surface area (Å²) >= 11 is 6.15. The monoisotopic (exact) mass is 585 g/mol. The van der Waals surface area contributed by atoms with E-state index < -0.39 is 17.5 Å². The minimum atomic E-state index is -1.11. The van der Waals surface area contributed by atoms with Crippen LogP contribution >= 0.6 is 11.6 Å². The van der Waals surface area contributed by atoms with Crippen molar-refractivity contribution in [1.29, 1.82) is 0 Å². The van der Waals surface area contributed by atoms with Gasteiger partial charge in [0.2, 0.25) is 0 Å². The third-order valence-electron chi connectivity index (χ3n) is 6.59. The lowest BCUT2D eigenvalue weighted by Gasteiger charge is -2.19. The number of carbonyl (C=O) groups excluding carboxylic acids is 3. The molecule has 2 aliphatic heterocycles. The average molecular weight is 586 g/mol. The Morgan fingerprint density at radius 2 is 1.59 bits per heavy atom. The van der Waals surface area contributed by atoms with Crippen molar-refractivity contribution in [2.75, 3.05) is 31.6 Å². The Kier molecular flexibility index (Phi) is 13.1. The number of benzene rings is 3. The SMILES string of the molecule is CC.CC.CCN(C)CCC1CN(C(=O)c2cccc(F)c2F)c2ccc(Cl)cc21.O=C1NC(=O)c2ccccc21. The summed E-state index contributed by atoms with van der Waals surface area (Å²) in [6.45, 7) is 12.3. The van der Waals surface area contributed by atoms with Gasteiger partial charge < -0.3 is 9.80 Å². The summed E-state index contributed by atoms with van der Waals surface area (Å²) < 4.78 is 27.6. The van der Waals surface area contributed by atoms with E-state index in [0.717, 1.165) is 31.1 Å². The molecule has 9 heteroatoms. The van der Waals surface area contributed by atoms with Gasteiger partial charge >= 0.3 is 0 Å². The van der Waals surface area contributed by atoms with E-state index in [-0.39, 0.29) is 23.3 Å². The van der Waals surface area contributed by atoms with Crippen molar-refractivity contribution in [2.45, 2.75) is 47.0 Å². The maximum Gasteiger partial charge on any atom is 0.261 e. The first-order chi connectivity index (χ1) is 19.7. The maximum atomic E-state index is 14.1. The second-order valence-electron chi connectivity index (χ2n) is 8.93. The van der Waals surface area contributed by atoms with Gasteiger partial charge in [-0.05, 0) is 74.6 Å².